The minimum Gasteiger partial charge on any atom is -0.480 e. The molecule has 0 heterocycles. The SMILES string of the molecule is CC(C)C[C@@H](NC(=O)NCCNS(C)(=O)=O)C(=O)O. The van der Waals surface area contributed by atoms with Gasteiger partial charge in [0.1, 0.15) is 6.04 Å². The Balaban J connectivity index is 4.04. The molecule has 0 rings (SSSR count). The van der Waals surface area contributed by atoms with Crippen LogP contribution in [-0.2, 0) is 14.8 Å². The lowest BCUT2D eigenvalue weighted by molar-refractivity contribution is -0.139. The van der Waals surface area contributed by atoms with E-state index in [0.717, 1.165) is 6.26 Å². The normalized spacial score (nSPS) is 13.1. The quantitative estimate of drug-likeness (QED) is 0.442. The molecule has 112 valence electrons. The predicted octanol–water partition coefficient (Wildman–Crippen LogP) is -0.666. The average Bonchev–Trinajstić information content (AvgIpc) is 2.21. The van der Waals surface area contributed by atoms with Crippen LogP contribution in [0.15, 0.2) is 0 Å². The molecule has 8 nitrogen and oxygen atoms in total. The molecule has 19 heavy (non-hydrogen) atoms. The molecule has 0 spiro atoms. The Hall–Kier alpha value is -1.35. The van der Waals surface area contributed by atoms with E-state index in [1.165, 1.54) is 0 Å². The Morgan fingerprint density at radius 1 is 1.21 bits per heavy atom. The molecule has 0 aromatic rings. The molecule has 2 amide bonds. The van der Waals surface area contributed by atoms with Crippen molar-refractivity contribution >= 4 is 22.0 Å². The van der Waals surface area contributed by atoms with Gasteiger partial charge in [-0.1, -0.05) is 13.8 Å². The van der Waals surface area contributed by atoms with Crippen LogP contribution in [0.25, 0.3) is 0 Å². The maximum absolute atomic E-state index is 11.4. The number of hydrogen-bond acceptors (Lipinski definition) is 4. The smallest absolute Gasteiger partial charge is 0.326 e. The van der Waals surface area contributed by atoms with Crippen molar-refractivity contribution in [2.75, 3.05) is 19.3 Å². The van der Waals surface area contributed by atoms with Gasteiger partial charge in [0.25, 0.3) is 0 Å². The molecule has 0 aromatic carbocycles. The second-order valence-corrected chi connectivity index (χ2v) is 6.42. The minimum atomic E-state index is -3.29. The second kappa shape index (κ2) is 7.95. The Labute approximate surface area is 113 Å². The highest BCUT2D eigenvalue weighted by molar-refractivity contribution is 7.88. The molecular weight excluding hydrogens is 274 g/mol. The van der Waals surface area contributed by atoms with E-state index in [1.807, 2.05) is 13.8 Å². The van der Waals surface area contributed by atoms with Crippen LogP contribution in [0.4, 0.5) is 4.79 Å². The molecule has 0 aliphatic heterocycles. The van der Waals surface area contributed by atoms with Crippen LogP contribution in [0, 0.1) is 5.92 Å². The van der Waals surface area contributed by atoms with Crippen molar-refractivity contribution in [2.24, 2.45) is 5.92 Å². The lowest BCUT2D eigenvalue weighted by Crippen LogP contribution is -2.48. The van der Waals surface area contributed by atoms with E-state index in [-0.39, 0.29) is 19.0 Å². The Morgan fingerprint density at radius 2 is 1.79 bits per heavy atom. The molecule has 0 aliphatic carbocycles. The number of carboxylic acids is 1. The summed E-state index contributed by atoms with van der Waals surface area (Å²) in [6.07, 6.45) is 1.33. The van der Waals surface area contributed by atoms with Gasteiger partial charge in [-0.15, -0.1) is 0 Å². The van der Waals surface area contributed by atoms with Crippen LogP contribution >= 0.6 is 0 Å². The maximum atomic E-state index is 11.4. The Bertz CT molecular complexity index is 407. The standard InChI is InChI=1S/C10H21N3O5S/c1-7(2)6-8(9(14)15)13-10(16)11-4-5-12-19(3,17)18/h7-8,12H,4-6H2,1-3H3,(H,14,15)(H2,11,13,16)/t8-/m1/s1. The highest BCUT2D eigenvalue weighted by atomic mass is 32.2. The van der Waals surface area contributed by atoms with E-state index in [0.29, 0.717) is 6.42 Å². The number of carbonyl (C=O) groups is 2. The lowest BCUT2D eigenvalue weighted by Gasteiger charge is -2.16. The van der Waals surface area contributed by atoms with Gasteiger partial charge >= 0.3 is 12.0 Å². The lowest BCUT2D eigenvalue weighted by atomic mass is 10.0. The topological polar surface area (TPSA) is 125 Å². The van der Waals surface area contributed by atoms with Crippen LogP contribution in [0.2, 0.25) is 0 Å². The number of hydrogen-bond donors (Lipinski definition) is 4. The first-order valence-corrected chi connectivity index (χ1v) is 7.72. The van der Waals surface area contributed by atoms with Crippen molar-refractivity contribution in [3.8, 4) is 0 Å². The monoisotopic (exact) mass is 295 g/mol. The van der Waals surface area contributed by atoms with E-state index >= 15 is 0 Å². The van der Waals surface area contributed by atoms with Gasteiger partial charge in [0.05, 0.1) is 6.26 Å². The van der Waals surface area contributed by atoms with E-state index in [4.69, 9.17) is 5.11 Å². The number of carboxylic acid groups (broad SMARTS) is 1. The van der Waals surface area contributed by atoms with Crippen molar-refractivity contribution < 1.29 is 23.1 Å². The van der Waals surface area contributed by atoms with Crippen LogP contribution in [0.1, 0.15) is 20.3 Å². The summed E-state index contributed by atoms with van der Waals surface area (Å²) in [6, 6.07) is -1.59. The summed E-state index contributed by atoms with van der Waals surface area (Å²) in [4.78, 5) is 22.3. The highest BCUT2D eigenvalue weighted by Crippen LogP contribution is 2.04. The first kappa shape index (κ1) is 17.6. The molecule has 4 N–H and O–H groups in total. The van der Waals surface area contributed by atoms with Crippen LogP contribution in [-0.4, -0.2) is 50.9 Å². The zero-order valence-corrected chi connectivity index (χ0v) is 12.1. The zero-order valence-electron chi connectivity index (χ0n) is 11.3. The number of rotatable bonds is 8. The summed E-state index contributed by atoms with van der Waals surface area (Å²) < 4.78 is 23.7. The fourth-order valence-electron chi connectivity index (χ4n) is 1.31. The number of nitrogens with one attached hydrogen (secondary N) is 3. The molecule has 0 bridgehead atoms. The van der Waals surface area contributed by atoms with Crippen LogP contribution in [0.3, 0.4) is 0 Å². The molecule has 1 atom stereocenters. The van der Waals surface area contributed by atoms with Gasteiger partial charge in [0.15, 0.2) is 0 Å². The zero-order chi connectivity index (χ0) is 15.1. The summed E-state index contributed by atoms with van der Waals surface area (Å²) in [7, 11) is -3.29. The summed E-state index contributed by atoms with van der Waals surface area (Å²) in [5.41, 5.74) is 0. The van der Waals surface area contributed by atoms with Gasteiger partial charge in [-0.25, -0.2) is 22.7 Å². The van der Waals surface area contributed by atoms with Crippen LogP contribution < -0.4 is 15.4 Å². The Morgan fingerprint density at radius 3 is 2.21 bits per heavy atom. The fraction of sp³-hybridized carbons (Fsp3) is 0.800. The number of carbonyl (C=O) groups excluding carboxylic acids is 1. The molecule has 0 aromatic heterocycles. The van der Waals surface area contributed by atoms with E-state index in [1.54, 1.807) is 0 Å². The molecule has 9 heteroatoms. The van der Waals surface area contributed by atoms with Crippen molar-refractivity contribution in [3.63, 3.8) is 0 Å². The van der Waals surface area contributed by atoms with Crippen molar-refractivity contribution in [1.82, 2.24) is 15.4 Å². The van der Waals surface area contributed by atoms with Crippen molar-refractivity contribution in [2.45, 2.75) is 26.3 Å². The van der Waals surface area contributed by atoms with Gasteiger partial charge in [-0.3, -0.25) is 0 Å². The van der Waals surface area contributed by atoms with E-state index < -0.39 is 28.1 Å². The third-order valence-corrected chi connectivity index (χ3v) is 2.81. The largest absolute Gasteiger partial charge is 0.480 e. The van der Waals surface area contributed by atoms with Crippen molar-refractivity contribution in [3.05, 3.63) is 0 Å². The summed E-state index contributed by atoms with van der Waals surface area (Å²) >= 11 is 0. The highest BCUT2D eigenvalue weighted by Gasteiger charge is 2.20. The fourth-order valence-corrected chi connectivity index (χ4v) is 1.79. The summed E-state index contributed by atoms with van der Waals surface area (Å²) in [5, 5.41) is 13.6. The molecule has 0 fully saturated rings. The van der Waals surface area contributed by atoms with Gasteiger partial charge in [0.2, 0.25) is 10.0 Å². The summed E-state index contributed by atoms with van der Waals surface area (Å²) in [5.74, 6) is -0.966. The summed E-state index contributed by atoms with van der Waals surface area (Å²) in [6.45, 7) is 3.83. The number of sulfonamides is 1. The van der Waals surface area contributed by atoms with Gasteiger partial charge in [-0.05, 0) is 12.3 Å². The predicted molar refractivity (Wildman–Crippen MR) is 70.3 cm³/mol. The maximum Gasteiger partial charge on any atom is 0.326 e. The molecule has 0 unspecified atom stereocenters. The molecule has 0 saturated heterocycles. The number of urea groups is 1. The number of aliphatic carboxylic acids is 1. The molecular formula is C10H21N3O5S. The van der Waals surface area contributed by atoms with Crippen molar-refractivity contribution in [1.29, 1.82) is 0 Å². The van der Waals surface area contributed by atoms with Gasteiger partial charge < -0.3 is 15.7 Å². The Kier molecular flexibility index (Phi) is 7.38. The minimum absolute atomic E-state index is 0.0498. The van der Waals surface area contributed by atoms with E-state index in [2.05, 4.69) is 15.4 Å². The molecule has 0 aliphatic rings. The van der Waals surface area contributed by atoms with Crippen LogP contribution in [0.5, 0.6) is 0 Å². The first-order chi connectivity index (χ1) is 8.61. The average molecular weight is 295 g/mol. The van der Waals surface area contributed by atoms with Gasteiger partial charge in [-0.2, -0.15) is 0 Å². The molecule has 0 radical (unpaired) electrons. The third-order valence-electron chi connectivity index (χ3n) is 2.09. The number of amides is 2. The second-order valence-electron chi connectivity index (χ2n) is 4.59. The third kappa shape index (κ3) is 10.3. The van der Waals surface area contributed by atoms with Gasteiger partial charge in [0, 0.05) is 13.1 Å². The first-order valence-electron chi connectivity index (χ1n) is 5.83. The van der Waals surface area contributed by atoms with E-state index in [9.17, 15) is 18.0 Å². The molecule has 0 saturated carbocycles.